The van der Waals surface area contributed by atoms with Crippen molar-refractivity contribution in [1.29, 1.82) is 0 Å². The molecule has 5 nitrogen and oxygen atoms in total. The van der Waals surface area contributed by atoms with Gasteiger partial charge in [-0.05, 0) is 18.4 Å². The monoisotopic (exact) mass is 252 g/mol. The quantitative estimate of drug-likeness (QED) is 0.438. The first-order chi connectivity index (χ1) is 8.61. The second-order valence-electron chi connectivity index (χ2n) is 4.52. The zero-order valence-electron chi connectivity index (χ0n) is 10.9. The lowest BCUT2D eigenvalue weighted by Crippen LogP contribution is -2.09. The van der Waals surface area contributed by atoms with Gasteiger partial charge in [0.05, 0.1) is 4.92 Å². The van der Waals surface area contributed by atoms with Crippen molar-refractivity contribution in [2.24, 2.45) is 5.92 Å². The maximum absolute atomic E-state index is 10.8. The lowest BCUT2D eigenvalue weighted by atomic mass is 10.2. The lowest BCUT2D eigenvalue weighted by molar-refractivity contribution is -0.384. The number of rotatable bonds is 8. The first-order valence-electron chi connectivity index (χ1n) is 6.16. The van der Waals surface area contributed by atoms with Gasteiger partial charge in [-0.1, -0.05) is 26.0 Å². The zero-order valence-corrected chi connectivity index (χ0v) is 10.9. The fourth-order valence-electron chi connectivity index (χ4n) is 1.50. The van der Waals surface area contributed by atoms with E-state index in [4.69, 9.17) is 4.74 Å². The minimum Gasteiger partial charge on any atom is -0.381 e. The molecule has 18 heavy (non-hydrogen) atoms. The summed E-state index contributed by atoms with van der Waals surface area (Å²) in [5.41, 5.74) is 0.673. The van der Waals surface area contributed by atoms with Gasteiger partial charge in [-0.2, -0.15) is 0 Å². The second-order valence-corrected chi connectivity index (χ2v) is 4.52. The molecule has 0 aliphatic rings. The SMILES string of the molecule is CC(C)COCCCNc1ccccc1[N+](=O)[O-]. The Morgan fingerprint density at radius 2 is 2.11 bits per heavy atom. The van der Waals surface area contributed by atoms with Crippen LogP contribution in [-0.2, 0) is 4.74 Å². The summed E-state index contributed by atoms with van der Waals surface area (Å²) in [4.78, 5) is 10.4. The summed E-state index contributed by atoms with van der Waals surface area (Å²) in [6.45, 7) is 6.30. The van der Waals surface area contributed by atoms with Crippen LogP contribution in [0.1, 0.15) is 20.3 Å². The van der Waals surface area contributed by atoms with Crippen LogP contribution in [0, 0.1) is 16.0 Å². The number of para-hydroxylation sites is 2. The van der Waals surface area contributed by atoms with Crippen molar-refractivity contribution in [1.82, 2.24) is 0 Å². The molecule has 0 aliphatic carbocycles. The van der Waals surface area contributed by atoms with Gasteiger partial charge in [0.15, 0.2) is 0 Å². The molecule has 1 aromatic rings. The highest BCUT2D eigenvalue weighted by Gasteiger charge is 2.10. The number of nitro groups is 1. The van der Waals surface area contributed by atoms with Crippen molar-refractivity contribution < 1.29 is 9.66 Å². The molecule has 0 aliphatic heterocycles. The zero-order chi connectivity index (χ0) is 13.4. The van der Waals surface area contributed by atoms with E-state index in [9.17, 15) is 10.1 Å². The molecule has 0 radical (unpaired) electrons. The number of hydrogen-bond donors (Lipinski definition) is 1. The van der Waals surface area contributed by atoms with Gasteiger partial charge in [0.25, 0.3) is 5.69 Å². The van der Waals surface area contributed by atoms with E-state index in [1.807, 2.05) is 0 Å². The van der Waals surface area contributed by atoms with Gasteiger partial charge in [-0.25, -0.2) is 0 Å². The molecule has 0 saturated carbocycles. The average Bonchev–Trinajstić information content (AvgIpc) is 2.33. The van der Waals surface area contributed by atoms with Gasteiger partial charge in [0.1, 0.15) is 5.69 Å². The van der Waals surface area contributed by atoms with Crippen molar-refractivity contribution in [3.8, 4) is 0 Å². The lowest BCUT2D eigenvalue weighted by Gasteiger charge is -2.08. The molecule has 1 rings (SSSR count). The Labute approximate surface area is 107 Å². The minimum absolute atomic E-state index is 0.112. The summed E-state index contributed by atoms with van der Waals surface area (Å²) >= 11 is 0. The van der Waals surface area contributed by atoms with Crippen molar-refractivity contribution in [3.05, 3.63) is 34.4 Å². The third-order valence-electron chi connectivity index (χ3n) is 2.33. The molecule has 0 atom stereocenters. The maximum Gasteiger partial charge on any atom is 0.292 e. The smallest absolute Gasteiger partial charge is 0.292 e. The molecule has 0 fully saturated rings. The molecular weight excluding hydrogens is 232 g/mol. The second kappa shape index (κ2) is 7.66. The molecule has 0 amide bonds. The predicted molar refractivity (Wildman–Crippen MR) is 71.9 cm³/mol. The van der Waals surface area contributed by atoms with Crippen LogP contribution < -0.4 is 5.32 Å². The summed E-state index contributed by atoms with van der Waals surface area (Å²) < 4.78 is 5.44. The summed E-state index contributed by atoms with van der Waals surface area (Å²) in [5, 5.41) is 13.8. The van der Waals surface area contributed by atoms with E-state index in [0.29, 0.717) is 24.8 Å². The summed E-state index contributed by atoms with van der Waals surface area (Å²) in [6.07, 6.45) is 0.832. The number of benzene rings is 1. The molecular formula is C13H20N2O3. The number of nitrogens with one attached hydrogen (secondary N) is 1. The van der Waals surface area contributed by atoms with Crippen LogP contribution in [-0.4, -0.2) is 24.7 Å². The Bertz CT molecular complexity index is 380. The largest absolute Gasteiger partial charge is 0.381 e. The molecule has 0 aromatic heterocycles. The van der Waals surface area contributed by atoms with E-state index in [1.165, 1.54) is 6.07 Å². The van der Waals surface area contributed by atoms with Crippen molar-refractivity contribution >= 4 is 11.4 Å². The van der Waals surface area contributed by atoms with Gasteiger partial charge in [0.2, 0.25) is 0 Å². The number of nitrogens with zero attached hydrogens (tertiary/aromatic N) is 1. The van der Waals surface area contributed by atoms with E-state index >= 15 is 0 Å². The van der Waals surface area contributed by atoms with Crippen LogP contribution in [0.15, 0.2) is 24.3 Å². The molecule has 0 saturated heterocycles. The van der Waals surface area contributed by atoms with Gasteiger partial charge in [0, 0.05) is 25.8 Å². The standard InChI is InChI=1S/C13H20N2O3/c1-11(2)10-18-9-5-8-14-12-6-3-4-7-13(12)15(16)17/h3-4,6-7,11,14H,5,8-10H2,1-2H3. The summed E-state index contributed by atoms with van der Waals surface area (Å²) in [5.74, 6) is 0.535. The topological polar surface area (TPSA) is 64.4 Å². The number of nitro benzene ring substituents is 1. The van der Waals surface area contributed by atoms with E-state index < -0.39 is 0 Å². The molecule has 0 heterocycles. The van der Waals surface area contributed by atoms with E-state index in [-0.39, 0.29) is 10.6 Å². The molecule has 1 N–H and O–H groups in total. The molecule has 1 aromatic carbocycles. The number of anilines is 1. The average molecular weight is 252 g/mol. The third kappa shape index (κ3) is 5.14. The predicted octanol–water partition coefficient (Wildman–Crippen LogP) is 3.07. The highest BCUT2D eigenvalue weighted by atomic mass is 16.6. The fourth-order valence-corrected chi connectivity index (χ4v) is 1.50. The van der Waals surface area contributed by atoms with Crippen LogP contribution in [0.3, 0.4) is 0 Å². The van der Waals surface area contributed by atoms with Crippen LogP contribution >= 0.6 is 0 Å². The highest BCUT2D eigenvalue weighted by Crippen LogP contribution is 2.22. The fraction of sp³-hybridized carbons (Fsp3) is 0.538. The van der Waals surface area contributed by atoms with Crippen LogP contribution in [0.4, 0.5) is 11.4 Å². The maximum atomic E-state index is 10.8. The van der Waals surface area contributed by atoms with Gasteiger partial charge in [-0.3, -0.25) is 10.1 Å². The van der Waals surface area contributed by atoms with Crippen molar-refractivity contribution in [2.45, 2.75) is 20.3 Å². The number of ether oxygens (including phenoxy) is 1. The van der Waals surface area contributed by atoms with Crippen LogP contribution in [0.2, 0.25) is 0 Å². The molecule has 0 unspecified atom stereocenters. The minimum atomic E-state index is -0.377. The van der Waals surface area contributed by atoms with Gasteiger partial charge >= 0.3 is 0 Å². The Hall–Kier alpha value is -1.62. The Morgan fingerprint density at radius 3 is 2.78 bits per heavy atom. The van der Waals surface area contributed by atoms with Gasteiger partial charge in [-0.15, -0.1) is 0 Å². The Morgan fingerprint density at radius 1 is 1.39 bits per heavy atom. The van der Waals surface area contributed by atoms with Crippen molar-refractivity contribution in [3.63, 3.8) is 0 Å². The normalized spacial score (nSPS) is 10.6. The number of hydrogen-bond acceptors (Lipinski definition) is 4. The Balaban J connectivity index is 2.29. The molecule has 5 heteroatoms. The van der Waals surface area contributed by atoms with E-state index in [2.05, 4.69) is 19.2 Å². The first-order valence-corrected chi connectivity index (χ1v) is 6.16. The van der Waals surface area contributed by atoms with Gasteiger partial charge < -0.3 is 10.1 Å². The summed E-state index contributed by atoms with van der Waals surface area (Å²) in [6, 6.07) is 6.66. The van der Waals surface area contributed by atoms with Crippen LogP contribution in [0.25, 0.3) is 0 Å². The highest BCUT2D eigenvalue weighted by molar-refractivity contribution is 5.60. The Kier molecular flexibility index (Phi) is 6.14. The van der Waals surface area contributed by atoms with Crippen LogP contribution in [0.5, 0.6) is 0 Å². The summed E-state index contributed by atoms with van der Waals surface area (Å²) in [7, 11) is 0. The van der Waals surface area contributed by atoms with Crippen molar-refractivity contribution in [2.75, 3.05) is 25.1 Å². The van der Waals surface area contributed by atoms with E-state index in [1.54, 1.807) is 18.2 Å². The molecule has 0 bridgehead atoms. The third-order valence-corrected chi connectivity index (χ3v) is 2.33. The molecule has 0 spiro atoms. The first kappa shape index (κ1) is 14.4. The van der Waals surface area contributed by atoms with E-state index in [0.717, 1.165) is 13.0 Å². The molecule has 100 valence electrons.